The number of ether oxygens (including phenoxy) is 3. The number of aryl methyl sites for hydroxylation is 1. The Morgan fingerprint density at radius 2 is 0.897 bits per heavy atom. The van der Waals surface area contributed by atoms with Gasteiger partial charge in [0.1, 0.15) is 19.9 Å². The minimum atomic E-state index is -0.0764. The molecule has 0 saturated heterocycles. The first-order valence-corrected chi connectivity index (χ1v) is 51.6. The van der Waals surface area contributed by atoms with Gasteiger partial charge in [-0.1, -0.05) is 399 Å². The summed E-state index contributed by atoms with van der Waals surface area (Å²) in [6.07, 6.45) is 30.5. The van der Waals surface area contributed by atoms with Gasteiger partial charge in [-0.2, -0.15) is 35.5 Å². The standard InChI is InChI=1S/C5H6N2O.2C3H5NO.C3H4NO.C3H5NO.2C3H4NO.2C3H5NS.C3H4NS.C3H5NS.2C3H4NS.25C2H6.18Y/c1-7-5(8)3-2-4-6-7;3*1-2-5-3-4-1;3*1-2-4-5-3-1;3*1-2-5-3-4-1;3*1-2-4-5-3-1;25*1-2;;;;;;;;;;;;;;;;;;/h2-4H,1H3;3H,1-2H2;1H,2-3H2;1-2H,3H2;2H,1,3H2;1,3H,2H2;1-2H,3H2;3H,1-2H2;1H,2-3H2;1-2H,3H2;2H,1,3H2;1,3H,2H2;1-2H,3H2;25*1-2H3;;;;;;;;;;;;;;;;;;/q;;;-1;;2*-1;;;-1;;2*-1;;;;;;;;;;;;;;;;;;;;;;;;;;;;;;;;;;;;;;;;;;;. The van der Waals surface area contributed by atoms with Gasteiger partial charge >= 0.3 is 0 Å². The van der Waals surface area contributed by atoms with E-state index in [1.165, 1.54) is 47.0 Å². The molecule has 13 rings (SSSR count). The number of aromatic nitrogens is 2. The Labute approximate surface area is 1330 Å². The molecule has 13 heterocycles. The van der Waals surface area contributed by atoms with E-state index in [1.54, 1.807) is 104 Å². The van der Waals surface area contributed by atoms with E-state index in [0.29, 0.717) is 26.7 Å². The number of oxime groups is 1. The molecule has 12 aliphatic heterocycles. The number of hydrogen-bond acceptors (Lipinski definition) is 20. The molecule has 0 fully saturated rings. The van der Waals surface area contributed by atoms with E-state index in [9.17, 15) is 4.79 Å². The van der Waals surface area contributed by atoms with E-state index in [1.807, 2.05) is 423 Å². The summed E-state index contributed by atoms with van der Waals surface area (Å²) in [7, 11) is 1.61. The van der Waals surface area contributed by atoms with Gasteiger partial charge in [-0.25, -0.2) is 9.08 Å². The SMILES string of the molecule is C1=COC[N-]1.C1=CO[N-]C1.C1=CSC[N-]1.C1=CS[N-]C1.C1=C[N-]OC1.C1=C[N-]SC1.C1=NCCO1.C1=NCCS1.C1=NCOC1.C1=NCSC1.C1=NOCC1.C1=NSCC1.CC.CC.CC.CC.CC.CC.CC.CC.CC.CC.CC.CC.CC.CC.CC.CC.CC.CC.CC.CC.CC.CC.CC.CC.CC.Cn1ncccc1=O.[Y].[Y].[Y].[Y].[Y].[Y].[Y].[Y].[Y].[Y].[Y].[Y].[Y].[Y].[Y].[Y].[Y].[Y]. The number of thioether (sulfide) groups is 3. The second kappa shape index (κ2) is 460. The molecule has 18 radical (unpaired) electrons. The third-order valence-corrected chi connectivity index (χ3v) is 10.3. The summed E-state index contributed by atoms with van der Waals surface area (Å²) >= 11 is 10.1. The molecule has 0 bridgehead atoms. The molecule has 0 saturated carbocycles. The predicted octanol–water partition coefficient (Wildman–Crippen LogP) is 35.6. The van der Waals surface area contributed by atoms with Gasteiger partial charge in [-0.05, 0) is 30.2 Å². The van der Waals surface area contributed by atoms with Crippen LogP contribution in [-0.4, -0.2) is 147 Å². The Bertz CT molecular complexity index is 1410. The number of nitrogens with zero attached hydrogens (tertiary/aromatic N) is 14. The van der Waals surface area contributed by atoms with Crippen molar-refractivity contribution in [2.45, 2.75) is 359 Å². The van der Waals surface area contributed by atoms with Crippen LogP contribution in [0.3, 0.4) is 0 Å². The van der Waals surface area contributed by atoms with Gasteiger partial charge in [0.15, 0.2) is 6.40 Å². The molecule has 0 aliphatic carbocycles. The maximum absolute atomic E-state index is 10.5. The van der Waals surface area contributed by atoms with Crippen molar-refractivity contribution in [3.8, 4) is 0 Å². The van der Waals surface area contributed by atoms with E-state index in [0.717, 1.165) is 69.1 Å². The van der Waals surface area contributed by atoms with E-state index >= 15 is 0 Å². The zero-order valence-corrected chi connectivity index (χ0v) is 154. The van der Waals surface area contributed by atoms with Gasteiger partial charge < -0.3 is 59.8 Å². The van der Waals surface area contributed by atoms with E-state index in [-0.39, 0.29) is 594 Å². The Balaban J connectivity index is -0.0000000160. The van der Waals surface area contributed by atoms with Crippen molar-refractivity contribution < 1.29 is 617 Å². The zero-order valence-electron chi connectivity index (χ0n) is 98.3. The van der Waals surface area contributed by atoms with Crippen molar-refractivity contribution in [1.29, 1.82) is 0 Å². The monoisotopic (exact) mass is 3400 g/mol. The second-order valence-electron chi connectivity index (χ2n) is 11.5. The third-order valence-electron chi connectivity index (χ3n) is 6.28. The fourth-order valence-corrected chi connectivity index (χ4v) is 6.17. The van der Waals surface area contributed by atoms with Crippen molar-refractivity contribution in [3.63, 3.8) is 0 Å². The molecule has 21 nitrogen and oxygen atoms in total. The van der Waals surface area contributed by atoms with Crippen LogP contribution in [0.4, 0.5) is 0 Å². The summed E-state index contributed by atoms with van der Waals surface area (Å²) in [6.45, 7) is 108. The van der Waals surface area contributed by atoms with Gasteiger partial charge in [-0.15, -0.1) is 36.3 Å². The molecule has 1 aromatic rings. The van der Waals surface area contributed by atoms with Crippen LogP contribution in [0.2, 0.25) is 0 Å². The van der Waals surface area contributed by atoms with Crippen LogP contribution in [0, 0.1) is 0 Å². The van der Waals surface area contributed by atoms with Crippen LogP contribution in [-0.2, 0) is 625 Å². The molecule has 1 aromatic heterocycles. The van der Waals surface area contributed by atoms with Crippen molar-refractivity contribution >= 4 is 108 Å². The van der Waals surface area contributed by atoms with Crippen molar-refractivity contribution in [2.24, 2.45) is 36.6 Å². The summed E-state index contributed by atoms with van der Waals surface area (Å²) in [5.74, 6) is 6.50. The molecular weight excluding hydrogens is 3190 g/mol. The average molecular weight is 3410 g/mol. The molecule has 0 aromatic carbocycles. The Hall–Kier alpha value is 15.6. The molecule has 45 heteroatoms. The quantitative estimate of drug-likeness (QED) is 0.219. The molecule has 0 atom stereocenters. The van der Waals surface area contributed by atoms with Crippen LogP contribution in [0.1, 0.15) is 359 Å². The number of rotatable bonds is 0. The van der Waals surface area contributed by atoms with Gasteiger partial charge in [0.05, 0.1) is 37.1 Å². The zero-order chi connectivity index (χ0) is 98.4. The van der Waals surface area contributed by atoms with E-state index in [2.05, 4.69) is 89.6 Å². The molecule has 136 heavy (non-hydrogen) atoms. The first kappa shape index (κ1) is 292. The summed E-state index contributed by atoms with van der Waals surface area (Å²) < 4.78 is 26.8. The minimum absolute atomic E-state index is 0. The fraction of sp³-hybridized carbons (Fsp3) is 0.758. The molecule has 12 aliphatic rings. The molecular formula is C91H210N14O7S6Y18-6. The van der Waals surface area contributed by atoms with Crippen LogP contribution in [0.5, 0.6) is 0 Å². The first-order chi connectivity index (χ1) is 58.8. The number of hydrogen-bond donors (Lipinski definition) is 0. The van der Waals surface area contributed by atoms with Crippen molar-refractivity contribution in [2.75, 3.05) is 101 Å². The molecule has 0 N–H and O–H groups in total. The first-order valence-electron chi connectivity index (χ1n) is 45.6. The van der Waals surface area contributed by atoms with Crippen molar-refractivity contribution in [3.05, 3.63) is 132 Å². The third kappa shape index (κ3) is 441. The summed E-state index contributed by atoms with van der Waals surface area (Å²) in [5, 5.41) is 18.7. The van der Waals surface area contributed by atoms with Crippen molar-refractivity contribution in [1.82, 2.24) is 9.78 Å². The fourth-order valence-electron chi connectivity index (χ4n) is 3.30. The summed E-state index contributed by atoms with van der Waals surface area (Å²) in [6, 6.07) is 3.08. The van der Waals surface area contributed by atoms with Crippen LogP contribution in [0.25, 0.3) is 31.0 Å². The van der Waals surface area contributed by atoms with Gasteiger partial charge in [0.25, 0.3) is 5.56 Å². The smallest absolute Gasteiger partial charge is 0.266 e. The maximum Gasteiger partial charge on any atom is 0.266 e. The number of aliphatic imine (C=N–C) groups is 4. The van der Waals surface area contributed by atoms with Gasteiger partial charge in [-0.3, -0.25) is 48.7 Å². The van der Waals surface area contributed by atoms with Gasteiger partial charge in [0.2, 0.25) is 0 Å². The molecule has 0 unspecified atom stereocenters. The Morgan fingerprint density at radius 1 is 0.412 bits per heavy atom. The molecule has 782 valence electrons. The van der Waals surface area contributed by atoms with E-state index in [4.69, 9.17) is 4.74 Å². The van der Waals surface area contributed by atoms with Gasteiger partial charge in [0, 0.05) is 676 Å². The largest absolute Gasteiger partial charge is 0.682 e. The normalized spacial score (nSPS) is 10.3. The molecule has 0 amide bonds. The average Bonchev–Trinajstić information content (AvgIpc) is 1.22. The van der Waals surface area contributed by atoms with E-state index < -0.39 is 0 Å². The summed E-state index contributed by atoms with van der Waals surface area (Å²) in [5.41, 5.74) is 8.70. The topological polar surface area (TPSA) is 249 Å². The Kier molecular flexibility index (Phi) is 986. The van der Waals surface area contributed by atoms with Crippen LogP contribution < -0.4 is 5.56 Å². The predicted molar refractivity (Wildman–Crippen MR) is 578 cm³/mol. The maximum atomic E-state index is 10.5. The Morgan fingerprint density at radius 3 is 1.01 bits per heavy atom. The van der Waals surface area contributed by atoms with Crippen LogP contribution in [0.15, 0.2) is 125 Å². The summed E-state index contributed by atoms with van der Waals surface area (Å²) in [4.78, 5) is 39.2. The van der Waals surface area contributed by atoms with Crippen LogP contribution >= 0.6 is 71.1 Å². The molecule has 0 spiro atoms. The second-order valence-corrected chi connectivity index (χ2v) is 16.7. The minimum Gasteiger partial charge on any atom is -0.682 e. The number of hydroxylamine groups is 2.